The molecule has 0 spiro atoms. The van der Waals surface area contributed by atoms with Crippen molar-refractivity contribution in [3.8, 4) is 11.5 Å². The van der Waals surface area contributed by atoms with E-state index in [4.69, 9.17) is 11.6 Å². The molecule has 4 nitrogen and oxygen atoms in total. The lowest BCUT2D eigenvalue weighted by molar-refractivity contribution is 0.475. The van der Waals surface area contributed by atoms with Gasteiger partial charge in [-0.3, -0.25) is 0 Å². The smallest absolute Gasteiger partial charge is 0.162 e. The molecule has 2 N–H and O–H groups in total. The molecule has 0 aliphatic rings. The van der Waals surface area contributed by atoms with Gasteiger partial charge in [-0.25, -0.2) is 9.97 Å². The number of phenols is 2. The number of aromatic nitrogens is 2. The van der Waals surface area contributed by atoms with Crippen LogP contribution in [0.25, 0.3) is 22.1 Å². The van der Waals surface area contributed by atoms with E-state index in [-0.39, 0.29) is 16.5 Å². The minimum Gasteiger partial charge on any atom is -0.505 e. The molecule has 2 aromatic carbocycles. The normalized spacial score (nSPS) is 11.4. The van der Waals surface area contributed by atoms with Crippen molar-refractivity contribution in [2.75, 3.05) is 0 Å². The average molecular weight is 303 g/mol. The third-order valence-corrected chi connectivity index (χ3v) is 4.02. The summed E-state index contributed by atoms with van der Waals surface area (Å²) >= 11 is 6.04. The molecule has 0 atom stereocenters. The lowest BCUT2D eigenvalue weighted by Crippen LogP contribution is -1.96. The van der Waals surface area contributed by atoms with Gasteiger partial charge in [0.15, 0.2) is 5.75 Å². The standard InChI is InChI=1S/C16H15ClN2O2/c1-4-9-6-10(17)16(21)14-12(9)18-11-7(2)5-8(3)15(20)13(11)19-14/h5-6,20-21H,4H2,1-3H3. The highest BCUT2D eigenvalue weighted by molar-refractivity contribution is 6.33. The zero-order chi connectivity index (χ0) is 15.3. The first kappa shape index (κ1) is 13.9. The maximum Gasteiger partial charge on any atom is 0.162 e. The van der Waals surface area contributed by atoms with Crippen LogP contribution >= 0.6 is 11.6 Å². The van der Waals surface area contributed by atoms with Gasteiger partial charge >= 0.3 is 0 Å². The highest BCUT2D eigenvalue weighted by Crippen LogP contribution is 2.37. The first-order valence-electron chi connectivity index (χ1n) is 6.75. The molecule has 3 rings (SSSR count). The zero-order valence-corrected chi connectivity index (χ0v) is 12.8. The van der Waals surface area contributed by atoms with Crippen molar-refractivity contribution >= 4 is 33.7 Å². The number of halogens is 1. The molecule has 0 aliphatic carbocycles. The molecule has 0 radical (unpaired) electrons. The number of hydrogen-bond acceptors (Lipinski definition) is 4. The summed E-state index contributed by atoms with van der Waals surface area (Å²) in [5, 5.41) is 20.6. The van der Waals surface area contributed by atoms with E-state index in [0.717, 1.165) is 23.1 Å². The first-order valence-corrected chi connectivity index (χ1v) is 7.12. The fourth-order valence-corrected chi connectivity index (χ4v) is 2.81. The Hall–Kier alpha value is -2.07. The van der Waals surface area contributed by atoms with Crippen LogP contribution in [0.1, 0.15) is 23.6 Å². The average Bonchev–Trinajstić information content (AvgIpc) is 2.47. The molecule has 0 aliphatic heterocycles. The topological polar surface area (TPSA) is 66.2 Å². The van der Waals surface area contributed by atoms with E-state index in [9.17, 15) is 10.2 Å². The van der Waals surface area contributed by atoms with Gasteiger partial charge in [0.2, 0.25) is 0 Å². The summed E-state index contributed by atoms with van der Waals surface area (Å²) in [7, 11) is 0. The Morgan fingerprint density at radius 3 is 2.19 bits per heavy atom. The van der Waals surface area contributed by atoms with Crippen LogP contribution in [0.15, 0.2) is 12.1 Å². The minimum atomic E-state index is -0.100. The highest BCUT2D eigenvalue weighted by Gasteiger charge is 2.16. The Labute approximate surface area is 127 Å². The zero-order valence-electron chi connectivity index (χ0n) is 12.0. The molecule has 1 aromatic heterocycles. The van der Waals surface area contributed by atoms with Crippen molar-refractivity contribution < 1.29 is 10.2 Å². The van der Waals surface area contributed by atoms with Gasteiger partial charge < -0.3 is 10.2 Å². The van der Waals surface area contributed by atoms with Gasteiger partial charge in [0, 0.05) is 0 Å². The molecule has 0 amide bonds. The largest absolute Gasteiger partial charge is 0.505 e. The fraction of sp³-hybridized carbons (Fsp3) is 0.250. The summed E-state index contributed by atoms with van der Waals surface area (Å²) in [5.41, 5.74) is 4.56. The molecular formula is C16H15ClN2O2. The fourth-order valence-electron chi connectivity index (χ4n) is 2.58. The van der Waals surface area contributed by atoms with Crippen LogP contribution in [0.5, 0.6) is 11.5 Å². The summed E-state index contributed by atoms with van der Waals surface area (Å²) < 4.78 is 0. The minimum absolute atomic E-state index is 0.0856. The summed E-state index contributed by atoms with van der Waals surface area (Å²) in [5.74, 6) is -0.0146. The van der Waals surface area contributed by atoms with Crippen molar-refractivity contribution in [1.29, 1.82) is 0 Å². The van der Waals surface area contributed by atoms with Crippen LogP contribution in [-0.4, -0.2) is 20.2 Å². The van der Waals surface area contributed by atoms with Crippen LogP contribution in [0.2, 0.25) is 5.02 Å². The van der Waals surface area contributed by atoms with Crippen molar-refractivity contribution in [3.63, 3.8) is 0 Å². The molecule has 0 saturated carbocycles. The number of aryl methyl sites for hydroxylation is 3. The Kier molecular flexibility index (Phi) is 3.14. The quantitative estimate of drug-likeness (QED) is 0.666. The van der Waals surface area contributed by atoms with Crippen LogP contribution in [0.3, 0.4) is 0 Å². The monoisotopic (exact) mass is 302 g/mol. The summed E-state index contributed by atoms with van der Waals surface area (Å²) in [6, 6.07) is 3.59. The van der Waals surface area contributed by atoms with E-state index in [1.54, 1.807) is 6.07 Å². The molecule has 1 heterocycles. The van der Waals surface area contributed by atoms with Crippen LogP contribution < -0.4 is 0 Å². The molecule has 21 heavy (non-hydrogen) atoms. The van der Waals surface area contributed by atoms with E-state index in [1.807, 2.05) is 26.8 Å². The van der Waals surface area contributed by atoms with Gasteiger partial charge in [-0.1, -0.05) is 24.6 Å². The number of aromatic hydroxyl groups is 2. The Morgan fingerprint density at radius 1 is 0.905 bits per heavy atom. The van der Waals surface area contributed by atoms with Gasteiger partial charge in [-0.15, -0.1) is 0 Å². The number of hydrogen-bond donors (Lipinski definition) is 2. The molecule has 0 bridgehead atoms. The van der Waals surface area contributed by atoms with Crippen molar-refractivity contribution in [2.24, 2.45) is 0 Å². The molecule has 108 valence electrons. The van der Waals surface area contributed by atoms with E-state index in [1.165, 1.54) is 0 Å². The van der Waals surface area contributed by atoms with E-state index in [2.05, 4.69) is 9.97 Å². The van der Waals surface area contributed by atoms with Gasteiger partial charge in [0.25, 0.3) is 0 Å². The Bertz CT molecular complexity index is 891. The lowest BCUT2D eigenvalue weighted by Gasteiger charge is -2.11. The van der Waals surface area contributed by atoms with Crippen LogP contribution in [-0.2, 0) is 6.42 Å². The second-order valence-corrected chi connectivity index (χ2v) is 5.60. The highest BCUT2D eigenvalue weighted by atomic mass is 35.5. The molecule has 0 fully saturated rings. The maximum atomic E-state index is 10.2. The van der Waals surface area contributed by atoms with Crippen molar-refractivity contribution in [3.05, 3.63) is 33.8 Å². The maximum absolute atomic E-state index is 10.2. The van der Waals surface area contributed by atoms with Gasteiger partial charge in [-0.2, -0.15) is 0 Å². The lowest BCUT2D eigenvalue weighted by atomic mass is 10.1. The number of phenolic OH excluding ortho intramolecular Hbond substituents is 2. The van der Waals surface area contributed by atoms with Gasteiger partial charge in [0.05, 0.1) is 16.1 Å². The number of nitrogens with zero attached hydrogens (tertiary/aromatic N) is 2. The number of fused-ring (bicyclic) bond motifs is 2. The van der Waals surface area contributed by atoms with E-state index in [0.29, 0.717) is 22.1 Å². The molecule has 0 saturated heterocycles. The predicted octanol–water partition coefficient (Wildman–Crippen LogP) is 4.03. The molecule has 0 unspecified atom stereocenters. The number of rotatable bonds is 1. The second-order valence-electron chi connectivity index (χ2n) is 5.20. The summed E-state index contributed by atoms with van der Waals surface area (Å²) in [6.07, 6.45) is 0.730. The second kappa shape index (κ2) is 4.74. The van der Waals surface area contributed by atoms with Crippen molar-refractivity contribution in [1.82, 2.24) is 9.97 Å². The first-order chi connectivity index (χ1) is 9.93. The molecule has 3 aromatic rings. The third-order valence-electron chi connectivity index (χ3n) is 3.74. The SMILES string of the molecule is CCc1cc(Cl)c(O)c2nc3c(O)c(C)cc(C)c3nc12. The van der Waals surface area contributed by atoms with E-state index >= 15 is 0 Å². The third kappa shape index (κ3) is 1.98. The molecule has 5 heteroatoms. The summed E-state index contributed by atoms with van der Waals surface area (Å²) in [4.78, 5) is 9.03. The van der Waals surface area contributed by atoms with Crippen molar-refractivity contribution in [2.45, 2.75) is 27.2 Å². The van der Waals surface area contributed by atoms with Gasteiger partial charge in [-0.05, 0) is 43.0 Å². The predicted molar refractivity (Wildman–Crippen MR) is 84.2 cm³/mol. The Balaban J connectivity index is 2.58. The Morgan fingerprint density at radius 2 is 1.52 bits per heavy atom. The van der Waals surface area contributed by atoms with Crippen LogP contribution in [0, 0.1) is 13.8 Å². The molecular weight excluding hydrogens is 288 g/mol. The number of benzene rings is 2. The van der Waals surface area contributed by atoms with Gasteiger partial charge in [0.1, 0.15) is 16.8 Å². The van der Waals surface area contributed by atoms with Crippen LogP contribution in [0.4, 0.5) is 0 Å². The van der Waals surface area contributed by atoms with E-state index < -0.39 is 0 Å². The summed E-state index contributed by atoms with van der Waals surface area (Å²) in [6.45, 7) is 5.73.